The number of hydrogen-bond acceptors (Lipinski definition) is 2. The van der Waals surface area contributed by atoms with E-state index in [1.165, 1.54) is 11.3 Å². The molecule has 0 saturated heterocycles. The third-order valence-corrected chi connectivity index (χ3v) is 3.84. The van der Waals surface area contributed by atoms with Crippen molar-refractivity contribution in [2.45, 2.75) is 6.92 Å². The molecule has 0 radical (unpaired) electrons. The fraction of sp³-hybridized carbons (Fsp3) is 0.200. The minimum Gasteiger partial charge on any atom is -0.492 e. The topological polar surface area (TPSA) is 9.23 Å². The van der Waals surface area contributed by atoms with Gasteiger partial charge in [0.1, 0.15) is 10.8 Å². The number of thiophene rings is 1. The minimum atomic E-state index is 0.615. The van der Waals surface area contributed by atoms with Gasteiger partial charge in [0.15, 0.2) is 0 Å². The highest BCUT2D eigenvalue weighted by molar-refractivity contribution is 7.18. The van der Waals surface area contributed by atoms with Gasteiger partial charge in [0.25, 0.3) is 0 Å². The van der Waals surface area contributed by atoms with Crippen LogP contribution in [0.3, 0.4) is 0 Å². The van der Waals surface area contributed by atoms with E-state index < -0.39 is 0 Å². The molecule has 1 heterocycles. The third kappa shape index (κ3) is 1.58. The Morgan fingerprint density at radius 3 is 2.86 bits per heavy atom. The van der Waals surface area contributed by atoms with E-state index in [4.69, 9.17) is 27.9 Å². The van der Waals surface area contributed by atoms with Crippen molar-refractivity contribution in [2.24, 2.45) is 0 Å². The van der Waals surface area contributed by atoms with Crippen LogP contribution in [0.4, 0.5) is 0 Å². The molecular weight excluding hydrogens is 239 g/mol. The first-order chi connectivity index (χ1) is 6.74. The predicted octanol–water partition coefficient (Wildman–Crippen LogP) is 4.61. The van der Waals surface area contributed by atoms with E-state index in [1.807, 2.05) is 24.4 Å². The van der Waals surface area contributed by atoms with E-state index in [2.05, 4.69) is 0 Å². The van der Waals surface area contributed by atoms with Crippen molar-refractivity contribution in [3.63, 3.8) is 0 Å². The molecule has 2 aromatic rings. The Labute approximate surface area is 96.2 Å². The molecule has 0 N–H and O–H groups in total. The lowest BCUT2D eigenvalue weighted by molar-refractivity contribution is 0.341. The highest BCUT2D eigenvalue weighted by Gasteiger charge is 2.10. The smallest absolute Gasteiger partial charge is 0.139 e. The summed E-state index contributed by atoms with van der Waals surface area (Å²) in [6.07, 6.45) is 0. The van der Waals surface area contributed by atoms with E-state index in [1.54, 1.807) is 0 Å². The summed E-state index contributed by atoms with van der Waals surface area (Å²) in [6, 6.07) is 3.79. The van der Waals surface area contributed by atoms with E-state index in [9.17, 15) is 0 Å². The van der Waals surface area contributed by atoms with Crippen LogP contribution >= 0.6 is 34.5 Å². The van der Waals surface area contributed by atoms with Gasteiger partial charge in [0, 0.05) is 10.8 Å². The molecule has 1 nitrogen and oxygen atoms in total. The second-order valence-electron chi connectivity index (χ2n) is 2.77. The summed E-state index contributed by atoms with van der Waals surface area (Å²) in [6.45, 7) is 2.55. The molecule has 0 atom stereocenters. The lowest BCUT2D eigenvalue weighted by atomic mass is 10.2. The summed E-state index contributed by atoms with van der Waals surface area (Å²) < 4.78 is 6.37. The summed E-state index contributed by atoms with van der Waals surface area (Å²) in [4.78, 5) is 0. The second-order valence-corrected chi connectivity index (χ2v) is 4.44. The SMILES string of the molecule is CCOc1ccc2c(Cl)csc2c1Cl. The average molecular weight is 247 g/mol. The maximum absolute atomic E-state index is 6.16. The van der Waals surface area contributed by atoms with Crippen LogP contribution in [-0.4, -0.2) is 6.61 Å². The van der Waals surface area contributed by atoms with Gasteiger partial charge in [-0.2, -0.15) is 0 Å². The quantitative estimate of drug-likeness (QED) is 0.753. The molecule has 0 aliphatic heterocycles. The monoisotopic (exact) mass is 246 g/mol. The Balaban J connectivity index is 2.63. The molecule has 0 aliphatic rings. The number of fused-ring (bicyclic) bond motifs is 1. The van der Waals surface area contributed by atoms with Crippen molar-refractivity contribution in [2.75, 3.05) is 6.61 Å². The lowest BCUT2D eigenvalue weighted by Crippen LogP contribution is -1.91. The molecule has 2 rings (SSSR count). The molecular formula is C10H8Cl2OS. The van der Waals surface area contributed by atoms with Gasteiger partial charge in [-0.15, -0.1) is 11.3 Å². The largest absolute Gasteiger partial charge is 0.492 e. The van der Waals surface area contributed by atoms with E-state index in [0.717, 1.165) is 20.9 Å². The molecule has 14 heavy (non-hydrogen) atoms. The normalized spacial score (nSPS) is 10.8. The number of ether oxygens (including phenoxy) is 1. The Kier molecular flexibility index (Phi) is 2.86. The van der Waals surface area contributed by atoms with E-state index >= 15 is 0 Å². The highest BCUT2D eigenvalue weighted by atomic mass is 35.5. The summed E-state index contributed by atoms with van der Waals surface area (Å²) in [5.74, 6) is 0.722. The van der Waals surface area contributed by atoms with Crippen LogP contribution in [0, 0.1) is 0 Å². The summed E-state index contributed by atoms with van der Waals surface area (Å²) in [5, 5.41) is 4.27. The summed E-state index contributed by atoms with van der Waals surface area (Å²) in [7, 11) is 0. The molecule has 0 amide bonds. The zero-order chi connectivity index (χ0) is 10.1. The fourth-order valence-electron chi connectivity index (χ4n) is 1.28. The lowest BCUT2D eigenvalue weighted by Gasteiger charge is -2.05. The van der Waals surface area contributed by atoms with Gasteiger partial charge in [-0.05, 0) is 19.1 Å². The van der Waals surface area contributed by atoms with Crippen LogP contribution in [0.15, 0.2) is 17.5 Å². The average Bonchev–Trinajstić information content (AvgIpc) is 2.54. The molecule has 1 aromatic carbocycles. The molecule has 0 aliphatic carbocycles. The van der Waals surface area contributed by atoms with Gasteiger partial charge in [-0.3, -0.25) is 0 Å². The van der Waals surface area contributed by atoms with Crippen molar-refractivity contribution >= 4 is 44.6 Å². The first kappa shape index (κ1) is 10.1. The zero-order valence-corrected chi connectivity index (χ0v) is 9.84. The predicted molar refractivity (Wildman–Crippen MR) is 63.0 cm³/mol. The van der Waals surface area contributed by atoms with Crippen molar-refractivity contribution in [3.05, 3.63) is 27.6 Å². The van der Waals surface area contributed by atoms with Gasteiger partial charge in [0.05, 0.1) is 16.3 Å². The standard InChI is InChI=1S/C10H8Cl2OS/c1-2-13-8-4-3-6-7(11)5-14-10(6)9(8)12/h3-5H,2H2,1H3. The summed E-state index contributed by atoms with van der Waals surface area (Å²) >= 11 is 13.7. The molecule has 74 valence electrons. The Bertz CT molecular complexity index is 464. The molecule has 0 fully saturated rings. The van der Waals surface area contributed by atoms with Crippen LogP contribution in [0.5, 0.6) is 5.75 Å². The Hall–Kier alpha value is -0.440. The molecule has 0 spiro atoms. The maximum atomic E-state index is 6.16. The van der Waals surface area contributed by atoms with Crippen LogP contribution in [0.1, 0.15) is 6.92 Å². The van der Waals surface area contributed by atoms with Gasteiger partial charge >= 0.3 is 0 Å². The summed E-state index contributed by atoms with van der Waals surface area (Å²) in [5.41, 5.74) is 0. The minimum absolute atomic E-state index is 0.615. The Morgan fingerprint density at radius 1 is 1.36 bits per heavy atom. The van der Waals surface area contributed by atoms with Crippen molar-refractivity contribution < 1.29 is 4.74 Å². The first-order valence-electron chi connectivity index (χ1n) is 4.22. The zero-order valence-electron chi connectivity index (χ0n) is 7.51. The van der Waals surface area contributed by atoms with Gasteiger partial charge in [-0.25, -0.2) is 0 Å². The second kappa shape index (κ2) is 3.97. The molecule has 0 unspecified atom stereocenters. The van der Waals surface area contributed by atoms with Crippen LogP contribution in [0.25, 0.3) is 10.1 Å². The van der Waals surface area contributed by atoms with Crippen LogP contribution < -0.4 is 4.74 Å². The number of halogens is 2. The molecule has 0 saturated carbocycles. The maximum Gasteiger partial charge on any atom is 0.139 e. The fourth-order valence-corrected chi connectivity index (χ4v) is 2.84. The first-order valence-corrected chi connectivity index (χ1v) is 5.85. The van der Waals surface area contributed by atoms with Gasteiger partial charge < -0.3 is 4.74 Å². The molecule has 4 heteroatoms. The number of benzene rings is 1. The molecule has 0 bridgehead atoms. The number of hydrogen-bond donors (Lipinski definition) is 0. The third-order valence-electron chi connectivity index (χ3n) is 1.90. The Morgan fingerprint density at radius 2 is 2.14 bits per heavy atom. The van der Waals surface area contributed by atoms with Gasteiger partial charge in [0.2, 0.25) is 0 Å². The van der Waals surface area contributed by atoms with Crippen molar-refractivity contribution in [1.29, 1.82) is 0 Å². The van der Waals surface area contributed by atoms with Crippen LogP contribution in [0.2, 0.25) is 10.0 Å². The van der Waals surface area contributed by atoms with E-state index in [-0.39, 0.29) is 0 Å². The molecule has 1 aromatic heterocycles. The van der Waals surface area contributed by atoms with Crippen molar-refractivity contribution in [3.8, 4) is 5.75 Å². The van der Waals surface area contributed by atoms with Crippen LogP contribution in [-0.2, 0) is 0 Å². The van der Waals surface area contributed by atoms with Crippen molar-refractivity contribution in [1.82, 2.24) is 0 Å². The van der Waals surface area contributed by atoms with E-state index in [0.29, 0.717) is 11.6 Å². The highest BCUT2D eigenvalue weighted by Crippen LogP contribution is 2.39. The van der Waals surface area contributed by atoms with Gasteiger partial charge in [-0.1, -0.05) is 23.2 Å². The number of rotatable bonds is 2.